The maximum Gasteiger partial charge on any atom is 0.240 e. The molecule has 0 aliphatic carbocycles. The summed E-state index contributed by atoms with van der Waals surface area (Å²) in [6.45, 7) is 4.96. The van der Waals surface area contributed by atoms with Crippen LogP contribution in [-0.4, -0.2) is 22.2 Å². The fourth-order valence-electron chi connectivity index (χ4n) is 3.79. The van der Waals surface area contributed by atoms with E-state index < -0.39 is 0 Å². The molecule has 1 N–H and O–H groups in total. The zero-order valence-electron chi connectivity index (χ0n) is 17.7. The third-order valence-corrected chi connectivity index (χ3v) is 5.72. The summed E-state index contributed by atoms with van der Waals surface area (Å²) < 4.78 is -0.0707. The lowest BCUT2D eigenvalue weighted by Gasteiger charge is -2.21. The number of hydrogen-bond donors (Lipinski definition) is 1. The van der Waals surface area contributed by atoms with Gasteiger partial charge in [-0.1, -0.05) is 103 Å². The second-order valence-corrected chi connectivity index (χ2v) is 8.04. The van der Waals surface area contributed by atoms with Crippen LogP contribution < -0.4 is 0 Å². The van der Waals surface area contributed by atoms with Crippen LogP contribution in [0.3, 0.4) is 0 Å². The SMILES string of the molecule is CCCCCCCCCCCCCCCCCCC1=NC=C[N+]1(O)CC. The van der Waals surface area contributed by atoms with E-state index in [0.29, 0.717) is 6.54 Å². The summed E-state index contributed by atoms with van der Waals surface area (Å²) in [6, 6.07) is 0. The molecule has 3 nitrogen and oxygen atoms in total. The average Bonchev–Trinajstić information content (AvgIpc) is 3.02. The number of rotatable bonds is 18. The molecule has 0 amide bonds. The molecule has 1 unspecified atom stereocenters. The van der Waals surface area contributed by atoms with Crippen LogP contribution in [-0.2, 0) is 0 Å². The number of nitrogens with zero attached hydrogens (tertiary/aromatic N) is 2. The molecular weight excluding hydrogens is 320 g/mol. The first-order valence-corrected chi connectivity index (χ1v) is 11.6. The van der Waals surface area contributed by atoms with Gasteiger partial charge in [-0.3, -0.25) is 0 Å². The maximum atomic E-state index is 10.3. The third kappa shape index (κ3) is 10.5. The van der Waals surface area contributed by atoms with Gasteiger partial charge in [-0.25, -0.2) is 10.2 Å². The van der Waals surface area contributed by atoms with Crippen LogP contribution in [0.4, 0.5) is 0 Å². The first kappa shape index (κ1) is 23.4. The van der Waals surface area contributed by atoms with Crippen molar-refractivity contribution >= 4 is 5.84 Å². The highest BCUT2D eigenvalue weighted by molar-refractivity contribution is 5.77. The van der Waals surface area contributed by atoms with Gasteiger partial charge >= 0.3 is 0 Å². The van der Waals surface area contributed by atoms with Crippen LogP contribution in [0.25, 0.3) is 0 Å². The minimum absolute atomic E-state index is 0.0707. The molecule has 0 bridgehead atoms. The predicted molar refractivity (Wildman–Crippen MR) is 113 cm³/mol. The Bertz CT molecular complexity index is 392. The molecule has 0 aromatic rings. The Kier molecular flexibility index (Phi) is 13.8. The third-order valence-electron chi connectivity index (χ3n) is 5.72. The molecule has 0 fully saturated rings. The molecular formula is C23H45N2O+. The number of hydroxylamine groups is 3. The van der Waals surface area contributed by atoms with E-state index in [4.69, 9.17) is 0 Å². The fourth-order valence-corrected chi connectivity index (χ4v) is 3.79. The van der Waals surface area contributed by atoms with E-state index in [1.54, 1.807) is 12.4 Å². The largest absolute Gasteiger partial charge is 0.240 e. The molecule has 152 valence electrons. The molecule has 0 saturated carbocycles. The summed E-state index contributed by atoms with van der Waals surface area (Å²) in [7, 11) is 0. The Hall–Kier alpha value is -0.670. The summed E-state index contributed by atoms with van der Waals surface area (Å²) in [5, 5.41) is 10.3. The van der Waals surface area contributed by atoms with Gasteiger partial charge in [-0.05, 0) is 13.3 Å². The first-order valence-electron chi connectivity index (χ1n) is 11.6. The van der Waals surface area contributed by atoms with Crippen molar-refractivity contribution in [1.29, 1.82) is 0 Å². The lowest BCUT2D eigenvalue weighted by atomic mass is 10.0. The Labute approximate surface area is 163 Å². The molecule has 1 aliphatic rings. The Morgan fingerprint density at radius 3 is 1.54 bits per heavy atom. The van der Waals surface area contributed by atoms with Crippen molar-refractivity contribution in [3.63, 3.8) is 0 Å². The van der Waals surface area contributed by atoms with Gasteiger partial charge in [0.05, 0.1) is 6.20 Å². The fraction of sp³-hybridized carbons (Fsp3) is 0.870. The molecule has 26 heavy (non-hydrogen) atoms. The van der Waals surface area contributed by atoms with Crippen LogP contribution in [0, 0.1) is 0 Å². The molecule has 3 heteroatoms. The summed E-state index contributed by atoms with van der Waals surface area (Å²) in [6.07, 6.45) is 26.7. The number of unbranched alkanes of at least 4 members (excludes halogenated alkanes) is 15. The molecule has 0 aromatic heterocycles. The highest BCUT2D eigenvalue weighted by Gasteiger charge is 2.31. The van der Waals surface area contributed by atoms with Crippen molar-refractivity contribution in [3.8, 4) is 0 Å². The molecule has 1 atom stereocenters. The Balaban J connectivity index is 1.78. The van der Waals surface area contributed by atoms with E-state index in [9.17, 15) is 5.21 Å². The first-order chi connectivity index (χ1) is 12.7. The van der Waals surface area contributed by atoms with Crippen LogP contribution in [0.5, 0.6) is 0 Å². The Morgan fingerprint density at radius 2 is 1.12 bits per heavy atom. The number of hydrogen-bond acceptors (Lipinski definition) is 2. The lowest BCUT2D eigenvalue weighted by Crippen LogP contribution is -2.42. The summed E-state index contributed by atoms with van der Waals surface area (Å²) in [5.41, 5.74) is 0. The summed E-state index contributed by atoms with van der Waals surface area (Å²) in [5.74, 6) is 0.915. The van der Waals surface area contributed by atoms with Crippen molar-refractivity contribution in [1.82, 2.24) is 0 Å². The summed E-state index contributed by atoms with van der Waals surface area (Å²) in [4.78, 5) is 4.33. The van der Waals surface area contributed by atoms with Crippen molar-refractivity contribution in [2.75, 3.05) is 6.54 Å². The van der Waals surface area contributed by atoms with Crippen LogP contribution >= 0.6 is 0 Å². The number of amidine groups is 1. The number of aliphatic imine (C=N–C) groups is 1. The summed E-state index contributed by atoms with van der Waals surface area (Å²) >= 11 is 0. The second kappa shape index (κ2) is 15.4. The quantitative estimate of drug-likeness (QED) is 0.195. The van der Waals surface area contributed by atoms with Crippen molar-refractivity contribution in [2.45, 2.75) is 123 Å². The minimum Gasteiger partial charge on any atom is -0.205 e. The highest BCUT2D eigenvalue weighted by Crippen LogP contribution is 2.18. The smallest absolute Gasteiger partial charge is 0.205 e. The average molecular weight is 366 g/mol. The van der Waals surface area contributed by atoms with Crippen LogP contribution in [0.2, 0.25) is 0 Å². The standard InChI is InChI=1S/C23H45N2O/c1-3-5-6-7-8-9-10-11-12-13-14-15-16-17-18-19-20-23-24-21-22-25(23,26)4-2/h21-22,26H,3-20H2,1-2H3/q+1. The minimum atomic E-state index is -0.0707. The van der Waals surface area contributed by atoms with E-state index in [1.807, 2.05) is 6.92 Å². The van der Waals surface area contributed by atoms with Gasteiger partial charge in [-0.15, -0.1) is 4.65 Å². The molecule has 1 heterocycles. The van der Waals surface area contributed by atoms with Gasteiger partial charge < -0.3 is 0 Å². The van der Waals surface area contributed by atoms with Gasteiger partial charge in [-0.2, -0.15) is 0 Å². The van der Waals surface area contributed by atoms with Gasteiger partial charge in [0.25, 0.3) is 0 Å². The van der Waals surface area contributed by atoms with E-state index in [-0.39, 0.29) is 4.65 Å². The van der Waals surface area contributed by atoms with Crippen molar-refractivity contribution < 1.29 is 9.85 Å². The molecule has 0 saturated heterocycles. The predicted octanol–water partition coefficient (Wildman–Crippen LogP) is 7.75. The molecule has 1 rings (SSSR count). The Morgan fingerprint density at radius 1 is 0.692 bits per heavy atom. The van der Waals surface area contributed by atoms with Gasteiger partial charge in [0.15, 0.2) is 6.20 Å². The molecule has 1 aliphatic heterocycles. The highest BCUT2D eigenvalue weighted by atomic mass is 16.5. The maximum absolute atomic E-state index is 10.3. The number of quaternary nitrogens is 1. The second-order valence-electron chi connectivity index (χ2n) is 8.04. The molecule has 0 radical (unpaired) electrons. The van der Waals surface area contributed by atoms with E-state index in [0.717, 1.165) is 18.7 Å². The normalized spacial score (nSPS) is 19.3. The van der Waals surface area contributed by atoms with E-state index in [2.05, 4.69) is 11.9 Å². The van der Waals surface area contributed by atoms with Crippen LogP contribution in [0.15, 0.2) is 17.4 Å². The van der Waals surface area contributed by atoms with Crippen molar-refractivity contribution in [2.24, 2.45) is 4.99 Å². The van der Waals surface area contributed by atoms with Gasteiger partial charge in [0, 0.05) is 6.42 Å². The van der Waals surface area contributed by atoms with E-state index >= 15 is 0 Å². The molecule has 0 aromatic carbocycles. The zero-order valence-corrected chi connectivity index (χ0v) is 17.7. The monoisotopic (exact) mass is 365 g/mol. The van der Waals surface area contributed by atoms with E-state index in [1.165, 1.54) is 96.3 Å². The lowest BCUT2D eigenvalue weighted by molar-refractivity contribution is -0.987. The van der Waals surface area contributed by atoms with Gasteiger partial charge in [0.2, 0.25) is 5.84 Å². The topological polar surface area (TPSA) is 32.6 Å². The van der Waals surface area contributed by atoms with Gasteiger partial charge in [0.1, 0.15) is 6.54 Å². The van der Waals surface area contributed by atoms with Crippen LogP contribution in [0.1, 0.15) is 123 Å². The van der Waals surface area contributed by atoms with Crippen molar-refractivity contribution in [3.05, 3.63) is 12.4 Å². The molecule has 0 spiro atoms. The zero-order chi connectivity index (χ0) is 18.9.